The zero-order chi connectivity index (χ0) is 8.27. The molecule has 1 aromatic rings. The van der Waals surface area contributed by atoms with Crippen molar-refractivity contribution in [2.24, 2.45) is 0 Å². The van der Waals surface area contributed by atoms with Crippen LogP contribution in [0.3, 0.4) is 0 Å². The highest BCUT2D eigenvalue weighted by Crippen LogP contribution is 2.09. The Morgan fingerprint density at radius 2 is 1.91 bits per heavy atom. The Morgan fingerprint density at radius 1 is 1.36 bits per heavy atom. The molecular weight excluding hydrogens is 162 g/mol. The number of aromatic hydroxyl groups is 1. The van der Waals surface area contributed by atoms with Gasteiger partial charge in [-0.3, -0.25) is 9.52 Å². The van der Waals surface area contributed by atoms with E-state index >= 15 is 0 Å². The molecule has 0 aliphatic rings. The molecule has 0 bridgehead atoms. The molecule has 0 radical (unpaired) electrons. The number of phenolic OH excluding ortho intramolecular Hbond substituents is 1. The third-order valence-corrected chi connectivity index (χ3v) is 1.43. The maximum Gasteiger partial charge on any atom is 0.260 e. The van der Waals surface area contributed by atoms with Gasteiger partial charge < -0.3 is 5.11 Å². The lowest BCUT2D eigenvalue weighted by Gasteiger charge is -1.97. The van der Waals surface area contributed by atoms with Crippen LogP contribution in [0.25, 0.3) is 0 Å². The quantitative estimate of drug-likeness (QED) is 0.548. The molecule has 0 saturated heterocycles. The fourth-order valence-corrected chi connectivity index (χ4v) is 0.806. The minimum atomic E-state index is -0.284. The molecule has 1 aromatic carbocycles. The van der Waals surface area contributed by atoms with Gasteiger partial charge in [0.25, 0.3) is 5.91 Å². The van der Waals surface area contributed by atoms with Crippen LogP contribution in [-0.2, 0) is 0 Å². The summed E-state index contributed by atoms with van der Waals surface area (Å²) in [5.74, 6) is -0.144. The number of carbonyl (C=O) groups is 1. The largest absolute Gasteiger partial charge is 0.508 e. The molecular formula is C7H7NO2S. The fraction of sp³-hybridized carbons (Fsp3) is 0. The standard InChI is InChI=1S/C7H7NO2S/c9-6-3-1-5(2-4-6)7(10)8-11/h1-4,9,11H,(H,8,10). The van der Waals surface area contributed by atoms with Crippen LogP contribution in [0.15, 0.2) is 24.3 Å². The first kappa shape index (κ1) is 7.94. The van der Waals surface area contributed by atoms with Crippen LogP contribution in [0, 0.1) is 0 Å². The predicted molar refractivity (Wildman–Crippen MR) is 44.6 cm³/mol. The molecule has 1 amide bonds. The van der Waals surface area contributed by atoms with Gasteiger partial charge in [0, 0.05) is 5.56 Å². The van der Waals surface area contributed by atoms with Gasteiger partial charge in [0.15, 0.2) is 0 Å². The van der Waals surface area contributed by atoms with Gasteiger partial charge in [-0.1, -0.05) is 12.8 Å². The van der Waals surface area contributed by atoms with Crippen molar-refractivity contribution in [3.63, 3.8) is 0 Å². The van der Waals surface area contributed by atoms with Gasteiger partial charge in [-0.05, 0) is 24.3 Å². The molecule has 0 heterocycles. The second-order valence-corrected chi connectivity index (χ2v) is 2.21. The summed E-state index contributed by atoms with van der Waals surface area (Å²) in [6.07, 6.45) is 0. The molecule has 0 saturated carbocycles. The molecule has 1 rings (SSSR count). The second kappa shape index (κ2) is 3.30. The highest BCUT2D eigenvalue weighted by atomic mass is 32.1. The number of phenols is 1. The van der Waals surface area contributed by atoms with Crippen molar-refractivity contribution in [1.29, 1.82) is 0 Å². The summed E-state index contributed by atoms with van der Waals surface area (Å²) in [5, 5.41) is 8.86. The molecule has 0 aromatic heterocycles. The molecule has 58 valence electrons. The Hall–Kier alpha value is -1.16. The minimum Gasteiger partial charge on any atom is -0.508 e. The number of carbonyl (C=O) groups excluding carboxylic acids is 1. The lowest BCUT2D eigenvalue weighted by Crippen LogP contribution is -2.11. The van der Waals surface area contributed by atoms with Crippen LogP contribution in [0.2, 0.25) is 0 Å². The van der Waals surface area contributed by atoms with E-state index in [1.54, 1.807) is 0 Å². The number of amides is 1. The van der Waals surface area contributed by atoms with Crippen molar-refractivity contribution >= 4 is 18.7 Å². The Kier molecular flexibility index (Phi) is 2.38. The van der Waals surface area contributed by atoms with Gasteiger partial charge in [0.05, 0.1) is 0 Å². The minimum absolute atomic E-state index is 0.140. The van der Waals surface area contributed by atoms with Crippen LogP contribution < -0.4 is 4.72 Å². The van der Waals surface area contributed by atoms with Crippen LogP contribution >= 0.6 is 12.8 Å². The summed E-state index contributed by atoms with van der Waals surface area (Å²) in [4.78, 5) is 10.9. The topological polar surface area (TPSA) is 49.3 Å². The first-order valence-corrected chi connectivity index (χ1v) is 3.42. The average molecular weight is 169 g/mol. The average Bonchev–Trinajstić information content (AvgIpc) is 2.05. The SMILES string of the molecule is O=C(NS)c1ccc(O)cc1. The lowest BCUT2D eigenvalue weighted by molar-refractivity contribution is 0.0985. The third kappa shape index (κ3) is 1.88. The van der Waals surface area contributed by atoms with Crippen molar-refractivity contribution < 1.29 is 9.90 Å². The van der Waals surface area contributed by atoms with Crippen molar-refractivity contribution in [3.8, 4) is 5.75 Å². The summed E-state index contributed by atoms with van der Waals surface area (Å²) in [6.45, 7) is 0. The van der Waals surface area contributed by atoms with Crippen LogP contribution in [0.4, 0.5) is 0 Å². The highest BCUT2D eigenvalue weighted by molar-refractivity contribution is 7.78. The van der Waals surface area contributed by atoms with E-state index in [9.17, 15) is 4.79 Å². The highest BCUT2D eigenvalue weighted by Gasteiger charge is 2.00. The maximum absolute atomic E-state index is 10.9. The molecule has 0 aliphatic carbocycles. The summed E-state index contributed by atoms with van der Waals surface area (Å²) in [6, 6.07) is 5.92. The van der Waals surface area contributed by atoms with Gasteiger partial charge in [0.2, 0.25) is 0 Å². The van der Waals surface area contributed by atoms with E-state index in [4.69, 9.17) is 5.11 Å². The number of nitrogens with one attached hydrogen (secondary N) is 1. The number of hydrogen-bond acceptors (Lipinski definition) is 3. The van der Waals surface area contributed by atoms with Gasteiger partial charge in [-0.2, -0.15) is 0 Å². The summed E-state index contributed by atoms with van der Waals surface area (Å²) in [7, 11) is 0. The first-order valence-electron chi connectivity index (χ1n) is 2.97. The van der Waals surface area contributed by atoms with E-state index in [1.807, 2.05) is 0 Å². The zero-order valence-corrected chi connectivity index (χ0v) is 6.51. The van der Waals surface area contributed by atoms with E-state index in [1.165, 1.54) is 24.3 Å². The van der Waals surface area contributed by atoms with Crippen LogP contribution in [0.1, 0.15) is 10.4 Å². The van der Waals surface area contributed by atoms with Crippen molar-refractivity contribution in [3.05, 3.63) is 29.8 Å². The summed E-state index contributed by atoms with van der Waals surface area (Å²) in [5.41, 5.74) is 0.470. The van der Waals surface area contributed by atoms with Crippen molar-refractivity contribution in [1.82, 2.24) is 4.72 Å². The maximum atomic E-state index is 10.9. The molecule has 4 heteroatoms. The summed E-state index contributed by atoms with van der Waals surface area (Å²) < 4.78 is 2.17. The molecule has 0 aliphatic heterocycles. The van der Waals surface area contributed by atoms with Gasteiger partial charge in [0.1, 0.15) is 5.75 Å². The Morgan fingerprint density at radius 3 is 2.36 bits per heavy atom. The van der Waals surface area contributed by atoms with Crippen molar-refractivity contribution in [2.45, 2.75) is 0 Å². The monoisotopic (exact) mass is 169 g/mol. The number of rotatable bonds is 1. The van der Waals surface area contributed by atoms with Crippen molar-refractivity contribution in [2.75, 3.05) is 0 Å². The third-order valence-electron chi connectivity index (χ3n) is 1.23. The number of hydrogen-bond donors (Lipinski definition) is 3. The fourth-order valence-electron chi connectivity index (χ4n) is 0.677. The first-order chi connectivity index (χ1) is 5.24. The van der Waals surface area contributed by atoms with E-state index in [0.29, 0.717) is 5.56 Å². The normalized spacial score (nSPS) is 9.18. The molecule has 0 fully saturated rings. The molecule has 11 heavy (non-hydrogen) atoms. The molecule has 0 unspecified atom stereocenters. The second-order valence-electron chi connectivity index (χ2n) is 1.99. The molecule has 3 nitrogen and oxygen atoms in total. The van der Waals surface area contributed by atoms with Gasteiger partial charge in [-0.25, -0.2) is 0 Å². The lowest BCUT2D eigenvalue weighted by atomic mass is 10.2. The summed E-state index contributed by atoms with van der Waals surface area (Å²) >= 11 is 3.59. The van der Waals surface area contributed by atoms with E-state index in [-0.39, 0.29) is 11.7 Å². The van der Waals surface area contributed by atoms with Gasteiger partial charge >= 0.3 is 0 Å². The molecule has 0 spiro atoms. The predicted octanol–water partition coefficient (Wildman–Crippen LogP) is 0.967. The van der Waals surface area contributed by atoms with E-state index in [0.717, 1.165) is 0 Å². The van der Waals surface area contributed by atoms with Crippen LogP contribution in [-0.4, -0.2) is 11.0 Å². The number of thiol groups is 1. The Balaban J connectivity index is 2.90. The molecule has 0 atom stereocenters. The zero-order valence-electron chi connectivity index (χ0n) is 5.61. The van der Waals surface area contributed by atoms with Crippen LogP contribution in [0.5, 0.6) is 5.75 Å². The Bertz CT molecular complexity index is 258. The van der Waals surface area contributed by atoms with E-state index in [2.05, 4.69) is 17.5 Å². The molecule has 2 N–H and O–H groups in total. The Labute approximate surface area is 69.6 Å². The van der Waals surface area contributed by atoms with Gasteiger partial charge in [-0.15, -0.1) is 0 Å². The van der Waals surface area contributed by atoms with E-state index < -0.39 is 0 Å². The number of benzene rings is 1. The smallest absolute Gasteiger partial charge is 0.260 e.